The summed E-state index contributed by atoms with van der Waals surface area (Å²) in [6, 6.07) is 88.0. The van der Waals surface area contributed by atoms with Crippen molar-refractivity contribution in [2.24, 2.45) is 0 Å². The predicted octanol–water partition coefficient (Wildman–Crippen LogP) is 15.6. The van der Waals surface area contributed by atoms with E-state index in [0.717, 1.165) is 34.2 Å². The lowest BCUT2D eigenvalue weighted by atomic mass is 9.91. The van der Waals surface area contributed by atoms with E-state index in [0.29, 0.717) is 0 Å². The Hall–Kier alpha value is -7.94. The van der Waals surface area contributed by atoms with E-state index in [-0.39, 0.29) is 0 Å². The lowest BCUT2D eigenvalue weighted by Gasteiger charge is -2.20. The van der Waals surface area contributed by atoms with Crippen LogP contribution < -0.4 is 0 Å². The van der Waals surface area contributed by atoms with Crippen molar-refractivity contribution in [3.8, 4) is 78.7 Å². The fourth-order valence-electron chi connectivity index (χ4n) is 8.93. The monoisotopic (exact) mass is 764 g/mol. The zero-order valence-corrected chi connectivity index (χ0v) is 33.0. The molecule has 0 aliphatic carbocycles. The van der Waals surface area contributed by atoms with Crippen molar-refractivity contribution >= 4 is 21.5 Å². The standard InChI is InChI=1S/C58H40N2/c1-7-19-41(20-8-1)53-39-49(59-55(43-23-11-3-12-24-43)31-32-56(59)44-25-13-4-14-26-44)35-47-38-52-48(37-51(47)53)36-50(40-54(52)42-21-9-2-10-22-42)60-57(45-27-15-5-16-28-45)33-34-58(60)46-29-17-6-18-30-46/h1-40H. The maximum absolute atomic E-state index is 2.43. The van der Waals surface area contributed by atoms with Crippen LogP contribution in [0, 0.1) is 0 Å². The van der Waals surface area contributed by atoms with Crippen molar-refractivity contribution in [1.82, 2.24) is 9.13 Å². The minimum Gasteiger partial charge on any atom is -0.309 e. The molecule has 0 radical (unpaired) electrons. The van der Waals surface area contributed by atoms with Crippen molar-refractivity contribution < 1.29 is 0 Å². The Kier molecular flexibility index (Phi) is 8.87. The molecule has 0 unspecified atom stereocenters. The third-order valence-corrected chi connectivity index (χ3v) is 11.7. The van der Waals surface area contributed by atoms with Gasteiger partial charge in [0.25, 0.3) is 0 Å². The first-order chi connectivity index (χ1) is 29.8. The van der Waals surface area contributed by atoms with Crippen LogP contribution in [0.5, 0.6) is 0 Å². The van der Waals surface area contributed by atoms with E-state index >= 15 is 0 Å². The molecule has 0 amide bonds. The van der Waals surface area contributed by atoms with Gasteiger partial charge in [0.2, 0.25) is 0 Å². The molecular formula is C58H40N2. The average molecular weight is 765 g/mol. The smallest absolute Gasteiger partial charge is 0.0535 e. The summed E-state index contributed by atoms with van der Waals surface area (Å²) in [5, 5.41) is 4.79. The van der Waals surface area contributed by atoms with Gasteiger partial charge in [0.05, 0.1) is 22.8 Å². The third kappa shape index (κ3) is 6.32. The Morgan fingerprint density at radius 1 is 0.217 bits per heavy atom. The molecule has 11 aromatic rings. The minimum absolute atomic E-state index is 1.12. The number of rotatable bonds is 8. The summed E-state index contributed by atoms with van der Waals surface area (Å²) in [5.41, 5.74) is 16.3. The molecule has 2 aromatic heterocycles. The van der Waals surface area contributed by atoms with Gasteiger partial charge >= 0.3 is 0 Å². The lowest BCUT2D eigenvalue weighted by molar-refractivity contribution is 1.10. The van der Waals surface area contributed by atoms with Crippen LogP contribution >= 0.6 is 0 Å². The van der Waals surface area contributed by atoms with E-state index in [1.807, 2.05) is 0 Å². The summed E-state index contributed by atoms with van der Waals surface area (Å²) < 4.78 is 4.87. The maximum Gasteiger partial charge on any atom is 0.0535 e. The molecule has 2 heterocycles. The molecule has 0 atom stereocenters. The largest absolute Gasteiger partial charge is 0.309 e. The van der Waals surface area contributed by atoms with Crippen molar-refractivity contribution in [2.45, 2.75) is 0 Å². The summed E-state index contributed by atoms with van der Waals surface area (Å²) >= 11 is 0. The fraction of sp³-hybridized carbons (Fsp3) is 0. The van der Waals surface area contributed by atoms with Gasteiger partial charge in [-0.05, 0) is 127 Å². The number of nitrogens with zero attached hydrogens (tertiary/aromatic N) is 2. The molecule has 2 nitrogen and oxygen atoms in total. The molecule has 282 valence electrons. The van der Waals surface area contributed by atoms with Crippen LogP contribution in [0.2, 0.25) is 0 Å². The van der Waals surface area contributed by atoms with Gasteiger partial charge in [-0.2, -0.15) is 0 Å². The highest BCUT2D eigenvalue weighted by Crippen LogP contribution is 2.42. The molecular weight excluding hydrogens is 725 g/mol. The van der Waals surface area contributed by atoms with Crippen LogP contribution in [-0.4, -0.2) is 9.13 Å². The van der Waals surface area contributed by atoms with Gasteiger partial charge in [-0.3, -0.25) is 0 Å². The second kappa shape index (κ2) is 15.1. The van der Waals surface area contributed by atoms with Crippen LogP contribution in [0.15, 0.2) is 243 Å². The number of hydrogen-bond acceptors (Lipinski definition) is 0. The molecule has 0 bridgehead atoms. The Morgan fingerprint density at radius 2 is 0.467 bits per heavy atom. The average Bonchev–Trinajstić information content (AvgIpc) is 3.98. The van der Waals surface area contributed by atoms with E-state index in [1.54, 1.807) is 0 Å². The maximum atomic E-state index is 2.43. The molecule has 2 heteroatoms. The van der Waals surface area contributed by atoms with Crippen LogP contribution in [0.25, 0.3) is 100 Å². The molecule has 0 spiro atoms. The number of aromatic nitrogens is 2. The van der Waals surface area contributed by atoms with Gasteiger partial charge in [0.1, 0.15) is 0 Å². The second-order valence-corrected chi connectivity index (χ2v) is 15.4. The van der Waals surface area contributed by atoms with Gasteiger partial charge in [0.15, 0.2) is 0 Å². The van der Waals surface area contributed by atoms with E-state index < -0.39 is 0 Å². The SMILES string of the molecule is c1ccc(-c2cc(-n3c(-c4ccccc4)ccc3-c3ccccc3)cc3cc4c(-c5ccccc5)cc(-n5c(-c6ccccc6)ccc5-c5ccccc5)cc4cc23)cc1. The summed E-state index contributed by atoms with van der Waals surface area (Å²) in [5.74, 6) is 0. The Morgan fingerprint density at radius 3 is 0.733 bits per heavy atom. The Labute approximate surface area is 350 Å². The van der Waals surface area contributed by atoms with Crippen molar-refractivity contribution in [2.75, 3.05) is 0 Å². The van der Waals surface area contributed by atoms with Crippen LogP contribution in [0.3, 0.4) is 0 Å². The minimum atomic E-state index is 1.12. The van der Waals surface area contributed by atoms with Crippen LogP contribution in [0.4, 0.5) is 0 Å². The molecule has 0 saturated carbocycles. The second-order valence-electron chi connectivity index (χ2n) is 15.4. The lowest BCUT2D eigenvalue weighted by Crippen LogP contribution is -2.01. The molecule has 0 saturated heterocycles. The summed E-state index contributed by atoms with van der Waals surface area (Å²) in [6.07, 6.45) is 0. The number of benzene rings is 9. The van der Waals surface area contributed by atoms with Crippen molar-refractivity contribution in [3.05, 3.63) is 243 Å². The Balaban J connectivity index is 1.21. The van der Waals surface area contributed by atoms with Gasteiger partial charge < -0.3 is 9.13 Å². The normalized spacial score (nSPS) is 11.3. The first-order valence-corrected chi connectivity index (χ1v) is 20.6. The highest BCUT2D eigenvalue weighted by molar-refractivity contribution is 6.10. The van der Waals surface area contributed by atoms with E-state index in [1.165, 1.54) is 66.1 Å². The van der Waals surface area contributed by atoms with Crippen molar-refractivity contribution in [1.29, 1.82) is 0 Å². The van der Waals surface area contributed by atoms with Crippen molar-refractivity contribution in [3.63, 3.8) is 0 Å². The first kappa shape index (κ1) is 35.2. The third-order valence-electron chi connectivity index (χ3n) is 11.7. The summed E-state index contributed by atoms with van der Waals surface area (Å²) in [7, 11) is 0. The number of hydrogen-bond donors (Lipinski definition) is 0. The van der Waals surface area contributed by atoms with Gasteiger partial charge in [-0.15, -0.1) is 0 Å². The summed E-state index contributed by atoms with van der Waals surface area (Å²) in [6.45, 7) is 0. The summed E-state index contributed by atoms with van der Waals surface area (Å²) in [4.78, 5) is 0. The molecule has 0 fully saturated rings. The van der Waals surface area contributed by atoms with Gasteiger partial charge in [-0.1, -0.05) is 182 Å². The molecule has 11 rings (SSSR count). The molecule has 0 N–H and O–H groups in total. The first-order valence-electron chi connectivity index (χ1n) is 20.6. The van der Waals surface area contributed by atoms with Gasteiger partial charge in [-0.25, -0.2) is 0 Å². The topological polar surface area (TPSA) is 9.86 Å². The highest BCUT2D eigenvalue weighted by atomic mass is 15.0. The molecule has 0 aliphatic heterocycles. The highest BCUT2D eigenvalue weighted by Gasteiger charge is 2.20. The fourth-order valence-corrected chi connectivity index (χ4v) is 8.93. The Bertz CT molecular complexity index is 2920. The van der Waals surface area contributed by atoms with E-state index in [9.17, 15) is 0 Å². The van der Waals surface area contributed by atoms with E-state index in [4.69, 9.17) is 0 Å². The zero-order valence-electron chi connectivity index (χ0n) is 33.0. The molecule has 9 aromatic carbocycles. The molecule has 60 heavy (non-hydrogen) atoms. The van der Waals surface area contributed by atoms with Crippen LogP contribution in [-0.2, 0) is 0 Å². The molecule has 0 aliphatic rings. The van der Waals surface area contributed by atoms with E-state index in [2.05, 4.69) is 252 Å². The number of fused-ring (bicyclic) bond motifs is 2. The quantitative estimate of drug-likeness (QED) is 0.136. The predicted molar refractivity (Wildman–Crippen MR) is 253 cm³/mol. The van der Waals surface area contributed by atoms with Crippen LogP contribution in [0.1, 0.15) is 0 Å². The van der Waals surface area contributed by atoms with Gasteiger partial charge in [0, 0.05) is 11.4 Å². The zero-order chi connectivity index (χ0) is 39.8.